The van der Waals surface area contributed by atoms with Gasteiger partial charge in [0.15, 0.2) is 0 Å². The highest BCUT2D eigenvalue weighted by Crippen LogP contribution is 2.25. The van der Waals surface area contributed by atoms with Crippen LogP contribution in [0.2, 0.25) is 0 Å². The minimum Gasteiger partial charge on any atom is -0.452 e. The highest BCUT2D eigenvalue weighted by Gasteiger charge is 2.34. The van der Waals surface area contributed by atoms with E-state index < -0.39 is 10.0 Å². The SMILES string of the molecule is CN(Cc1cccnc1)C[C@H]1CCN(S(=O)(=O)c2ccco2)C1. The number of hydrogen-bond acceptors (Lipinski definition) is 5. The molecule has 1 fully saturated rings. The second kappa shape index (κ2) is 6.82. The Bertz CT molecular complexity index is 716. The first kappa shape index (κ1) is 16.2. The zero-order chi connectivity index (χ0) is 16.3. The van der Waals surface area contributed by atoms with Gasteiger partial charge in [0.2, 0.25) is 5.09 Å². The number of hydrogen-bond donors (Lipinski definition) is 0. The van der Waals surface area contributed by atoms with Gasteiger partial charge in [0.1, 0.15) is 0 Å². The Morgan fingerprint density at radius 3 is 2.96 bits per heavy atom. The molecular weight excluding hydrogens is 314 g/mol. The van der Waals surface area contributed by atoms with Gasteiger partial charge in [-0.3, -0.25) is 4.98 Å². The van der Waals surface area contributed by atoms with Crippen molar-refractivity contribution in [1.82, 2.24) is 14.2 Å². The molecule has 2 aromatic heterocycles. The molecule has 0 unspecified atom stereocenters. The normalized spacial score (nSPS) is 19.5. The summed E-state index contributed by atoms with van der Waals surface area (Å²) in [5.74, 6) is 0.335. The molecule has 1 atom stereocenters. The van der Waals surface area contributed by atoms with Crippen LogP contribution < -0.4 is 0 Å². The summed E-state index contributed by atoms with van der Waals surface area (Å²) in [5.41, 5.74) is 1.16. The van der Waals surface area contributed by atoms with E-state index >= 15 is 0 Å². The molecule has 1 aliphatic rings. The average molecular weight is 335 g/mol. The Balaban J connectivity index is 1.56. The van der Waals surface area contributed by atoms with Crippen LogP contribution in [0, 0.1) is 5.92 Å². The van der Waals surface area contributed by atoms with Crippen LogP contribution in [0.5, 0.6) is 0 Å². The van der Waals surface area contributed by atoms with E-state index in [2.05, 4.69) is 16.9 Å². The van der Waals surface area contributed by atoms with Crippen molar-refractivity contribution >= 4 is 10.0 Å². The standard InChI is InChI=1S/C16H21N3O3S/c1-18(11-14-4-2-7-17-10-14)12-15-6-8-19(13-15)23(20,21)16-5-3-9-22-16/h2-5,7,9-10,15H,6,8,11-13H2,1H3/t15-/m1/s1. The second-order valence-corrected chi connectivity index (χ2v) is 7.88. The minimum absolute atomic E-state index is 0.0295. The summed E-state index contributed by atoms with van der Waals surface area (Å²) in [6.07, 6.45) is 5.89. The van der Waals surface area contributed by atoms with Gasteiger partial charge in [0.05, 0.1) is 6.26 Å². The smallest absolute Gasteiger partial charge is 0.276 e. The molecule has 0 bridgehead atoms. The van der Waals surface area contributed by atoms with E-state index in [1.807, 2.05) is 18.3 Å². The maximum Gasteiger partial charge on any atom is 0.276 e. The van der Waals surface area contributed by atoms with Crippen molar-refractivity contribution < 1.29 is 12.8 Å². The number of aromatic nitrogens is 1. The maximum absolute atomic E-state index is 12.4. The van der Waals surface area contributed by atoms with Crippen molar-refractivity contribution in [2.24, 2.45) is 5.92 Å². The van der Waals surface area contributed by atoms with Crippen molar-refractivity contribution in [1.29, 1.82) is 0 Å². The van der Waals surface area contributed by atoms with Gasteiger partial charge in [-0.25, -0.2) is 8.42 Å². The van der Waals surface area contributed by atoms with Crippen molar-refractivity contribution in [2.75, 3.05) is 26.7 Å². The van der Waals surface area contributed by atoms with Gasteiger partial charge in [-0.05, 0) is 43.1 Å². The molecule has 0 N–H and O–H groups in total. The topological polar surface area (TPSA) is 66.7 Å². The van der Waals surface area contributed by atoms with Crippen molar-refractivity contribution in [3.8, 4) is 0 Å². The van der Waals surface area contributed by atoms with Crippen LogP contribution in [-0.4, -0.2) is 49.3 Å². The molecule has 6 nitrogen and oxygen atoms in total. The number of furan rings is 1. The summed E-state index contributed by atoms with van der Waals surface area (Å²) < 4.78 is 31.4. The van der Waals surface area contributed by atoms with Gasteiger partial charge in [-0.2, -0.15) is 4.31 Å². The lowest BCUT2D eigenvalue weighted by molar-refractivity contribution is 0.272. The summed E-state index contributed by atoms with van der Waals surface area (Å²) in [6.45, 7) is 2.77. The Hall–Kier alpha value is -1.70. The lowest BCUT2D eigenvalue weighted by atomic mass is 10.1. The van der Waals surface area contributed by atoms with Gasteiger partial charge in [0.25, 0.3) is 10.0 Å². The van der Waals surface area contributed by atoms with Crippen molar-refractivity contribution in [2.45, 2.75) is 18.1 Å². The molecule has 1 saturated heterocycles. The average Bonchev–Trinajstić information content (AvgIpc) is 3.20. The van der Waals surface area contributed by atoms with Crippen LogP contribution >= 0.6 is 0 Å². The minimum atomic E-state index is -3.48. The molecule has 1 aliphatic heterocycles. The predicted molar refractivity (Wildman–Crippen MR) is 86.1 cm³/mol. The Morgan fingerprint density at radius 1 is 1.39 bits per heavy atom. The van der Waals surface area contributed by atoms with Crippen LogP contribution in [0.4, 0.5) is 0 Å². The third-order valence-corrected chi connectivity index (χ3v) is 5.84. The first-order chi connectivity index (χ1) is 11.1. The fraction of sp³-hybridized carbons (Fsp3) is 0.438. The lowest BCUT2D eigenvalue weighted by Crippen LogP contribution is -2.31. The highest BCUT2D eigenvalue weighted by atomic mass is 32.2. The summed E-state index contributed by atoms with van der Waals surface area (Å²) in [6, 6.07) is 7.07. The molecule has 124 valence electrons. The van der Waals surface area contributed by atoms with E-state index in [4.69, 9.17) is 4.42 Å². The summed E-state index contributed by atoms with van der Waals surface area (Å²) in [5, 5.41) is 0.0295. The van der Waals surface area contributed by atoms with E-state index in [9.17, 15) is 8.42 Å². The lowest BCUT2D eigenvalue weighted by Gasteiger charge is -2.21. The van der Waals surface area contributed by atoms with Crippen LogP contribution in [0.3, 0.4) is 0 Å². The molecule has 3 heterocycles. The van der Waals surface area contributed by atoms with Crippen molar-refractivity contribution in [3.63, 3.8) is 0 Å². The van der Waals surface area contributed by atoms with Gasteiger partial charge in [-0.15, -0.1) is 0 Å². The van der Waals surface area contributed by atoms with Gasteiger partial charge < -0.3 is 9.32 Å². The largest absolute Gasteiger partial charge is 0.452 e. The number of rotatable bonds is 6. The van der Waals surface area contributed by atoms with Crippen LogP contribution in [0.25, 0.3) is 0 Å². The van der Waals surface area contributed by atoms with Gasteiger partial charge in [0, 0.05) is 38.6 Å². The molecule has 0 spiro atoms. The third-order valence-electron chi connectivity index (χ3n) is 4.08. The predicted octanol–water partition coefficient (Wildman–Crippen LogP) is 1.82. The first-order valence-corrected chi connectivity index (χ1v) is 9.11. The molecular formula is C16H21N3O3S. The fourth-order valence-electron chi connectivity index (χ4n) is 3.01. The van der Waals surface area contributed by atoms with Gasteiger partial charge in [-0.1, -0.05) is 6.07 Å². The quantitative estimate of drug-likeness (QED) is 0.805. The molecule has 0 aromatic carbocycles. The van der Waals surface area contributed by atoms with Crippen molar-refractivity contribution in [3.05, 3.63) is 48.5 Å². The second-order valence-electron chi connectivity index (χ2n) is 6.01. The molecule has 0 aliphatic carbocycles. The van der Waals surface area contributed by atoms with E-state index in [0.29, 0.717) is 19.0 Å². The Labute approximate surface area is 136 Å². The number of pyridine rings is 1. The molecule has 0 amide bonds. The summed E-state index contributed by atoms with van der Waals surface area (Å²) >= 11 is 0. The van der Waals surface area contributed by atoms with Crippen LogP contribution in [0.15, 0.2) is 52.4 Å². The monoisotopic (exact) mass is 335 g/mol. The first-order valence-electron chi connectivity index (χ1n) is 7.67. The number of sulfonamides is 1. The van der Waals surface area contributed by atoms with E-state index in [0.717, 1.165) is 25.1 Å². The van der Waals surface area contributed by atoms with Crippen LogP contribution in [0.1, 0.15) is 12.0 Å². The van der Waals surface area contributed by atoms with E-state index in [1.54, 1.807) is 12.3 Å². The molecule has 23 heavy (non-hydrogen) atoms. The van der Waals surface area contributed by atoms with E-state index in [-0.39, 0.29) is 5.09 Å². The molecule has 3 rings (SSSR count). The molecule has 0 saturated carbocycles. The highest BCUT2D eigenvalue weighted by molar-refractivity contribution is 7.89. The maximum atomic E-state index is 12.4. The zero-order valence-electron chi connectivity index (χ0n) is 13.1. The summed E-state index contributed by atoms with van der Waals surface area (Å²) in [7, 11) is -1.43. The Kier molecular flexibility index (Phi) is 4.79. The molecule has 0 radical (unpaired) electrons. The van der Waals surface area contributed by atoms with Gasteiger partial charge >= 0.3 is 0 Å². The van der Waals surface area contributed by atoms with E-state index in [1.165, 1.54) is 16.6 Å². The Morgan fingerprint density at radius 2 is 2.26 bits per heavy atom. The summed E-state index contributed by atoms with van der Waals surface area (Å²) in [4.78, 5) is 6.33. The van der Waals surface area contributed by atoms with Crippen LogP contribution in [-0.2, 0) is 16.6 Å². The molecule has 7 heteroatoms. The zero-order valence-corrected chi connectivity index (χ0v) is 13.9. The fourth-order valence-corrected chi connectivity index (χ4v) is 4.45. The molecule has 2 aromatic rings. The number of nitrogens with zero attached hydrogens (tertiary/aromatic N) is 3. The third kappa shape index (κ3) is 3.80.